The summed E-state index contributed by atoms with van der Waals surface area (Å²) in [4.78, 5) is 26.1. The molecule has 1 fully saturated rings. The molecule has 0 radical (unpaired) electrons. The van der Waals surface area contributed by atoms with Gasteiger partial charge in [0.25, 0.3) is 5.56 Å². The van der Waals surface area contributed by atoms with Gasteiger partial charge in [-0.15, -0.1) is 0 Å². The van der Waals surface area contributed by atoms with Crippen molar-refractivity contribution in [1.29, 1.82) is 0 Å². The Labute approximate surface area is 74.4 Å². The van der Waals surface area contributed by atoms with Crippen LogP contribution in [0.4, 0.5) is 4.79 Å². The molecule has 6 heteroatoms. The van der Waals surface area contributed by atoms with Crippen LogP contribution in [0.1, 0.15) is 0 Å². The smallest absolute Gasteiger partial charge is 0.314 e. The van der Waals surface area contributed by atoms with E-state index in [0.29, 0.717) is 0 Å². The van der Waals surface area contributed by atoms with Gasteiger partial charge < -0.3 is 15.6 Å². The summed E-state index contributed by atoms with van der Waals surface area (Å²) in [6.07, 6.45) is 2.79. The van der Waals surface area contributed by atoms with E-state index < -0.39 is 0 Å². The van der Waals surface area contributed by atoms with E-state index in [1.165, 1.54) is 18.6 Å². The van der Waals surface area contributed by atoms with Crippen molar-refractivity contribution in [1.82, 2.24) is 20.6 Å². The van der Waals surface area contributed by atoms with Gasteiger partial charge in [0, 0.05) is 25.4 Å². The highest BCUT2D eigenvalue weighted by Gasteiger charge is 2.02. The number of aromatic nitrogens is 2. The molecule has 2 amide bonds. The topological polar surface area (TPSA) is 86.9 Å². The zero-order valence-corrected chi connectivity index (χ0v) is 6.91. The highest BCUT2D eigenvalue weighted by atomic mass is 16.2. The summed E-state index contributed by atoms with van der Waals surface area (Å²) in [6, 6.07) is 1.31. The molecule has 0 spiro atoms. The molecule has 0 aliphatic carbocycles. The second kappa shape index (κ2) is 4.91. The normalized spacial score (nSPS) is 13.7. The Morgan fingerprint density at radius 3 is 2.15 bits per heavy atom. The van der Waals surface area contributed by atoms with Crippen LogP contribution < -0.4 is 16.2 Å². The second-order valence-corrected chi connectivity index (χ2v) is 2.29. The average Bonchev–Trinajstić information content (AvgIpc) is 2.58. The van der Waals surface area contributed by atoms with Crippen LogP contribution in [-0.2, 0) is 0 Å². The van der Waals surface area contributed by atoms with Gasteiger partial charge in [0.2, 0.25) is 0 Å². The Morgan fingerprint density at radius 1 is 1.23 bits per heavy atom. The minimum Gasteiger partial charge on any atom is -0.336 e. The second-order valence-electron chi connectivity index (χ2n) is 2.29. The molecular weight excluding hydrogens is 172 g/mol. The van der Waals surface area contributed by atoms with Crippen molar-refractivity contribution in [3.05, 3.63) is 28.9 Å². The van der Waals surface area contributed by atoms with Gasteiger partial charge in [0.15, 0.2) is 0 Å². The molecule has 1 aromatic heterocycles. The summed E-state index contributed by atoms with van der Waals surface area (Å²) in [5.41, 5.74) is -0.116. The first-order chi connectivity index (χ1) is 6.29. The number of amides is 2. The molecule has 0 bridgehead atoms. The third kappa shape index (κ3) is 3.90. The van der Waals surface area contributed by atoms with Gasteiger partial charge in [-0.1, -0.05) is 0 Å². The van der Waals surface area contributed by atoms with Crippen molar-refractivity contribution in [3.63, 3.8) is 0 Å². The summed E-state index contributed by atoms with van der Waals surface area (Å²) >= 11 is 0. The van der Waals surface area contributed by atoms with Gasteiger partial charge in [-0.3, -0.25) is 4.79 Å². The number of hydrogen-bond donors (Lipinski definition) is 3. The monoisotopic (exact) mass is 182 g/mol. The fourth-order valence-electron chi connectivity index (χ4n) is 0.717. The van der Waals surface area contributed by atoms with Gasteiger partial charge in [-0.2, -0.15) is 0 Å². The highest BCUT2D eigenvalue weighted by molar-refractivity contribution is 5.75. The van der Waals surface area contributed by atoms with E-state index in [2.05, 4.69) is 20.6 Å². The first-order valence-corrected chi connectivity index (χ1v) is 3.79. The molecule has 1 aliphatic rings. The molecule has 6 nitrogen and oxygen atoms in total. The Morgan fingerprint density at radius 2 is 1.92 bits per heavy atom. The molecule has 2 rings (SSSR count). The van der Waals surface area contributed by atoms with Gasteiger partial charge in [0.05, 0.1) is 6.33 Å². The maximum atomic E-state index is 10.2. The maximum absolute atomic E-state index is 10.2. The number of urea groups is 1. The first kappa shape index (κ1) is 9.24. The van der Waals surface area contributed by atoms with Crippen molar-refractivity contribution in [2.45, 2.75) is 0 Å². The van der Waals surface area contributed by atoms with Crippen LogP contribution in [0.15, 0.2) is 23.4 Å². The number of hydrogen-bond acceptors (Lipinski definition) is 3. The molecule has 1 aliphatic heterocycles. The van der Waals surface area contributed by atoms with Crippen molar-refractivity contribution in [3.8, 4) is 0 Å². The lowest BCUT2D eigenvalue weighted by Crippen LogP contribution is -2.20. The van der Waals surface area contributed by atoms with Crippen molar-refractivity contribution >= 4 is 6.03 Å². The van der Waals surface area contributed by atoms with E-state index in [4.69, 9.17) is 0 Å². The molecule has 1 aromatic rings. The minimum absolute atomic E-state index is 0.0463. The van der Waals surface area contributed by atoms with Crippen molar-refractivity contribution in [2.75, 3.05) is 13.1 Å². The molecule has 1 saturated heterocycles. The third-order valence-electron chi connectivity index (χ3n) is 1.29. The predicted molar refractivity (Wildman–Crippen MR) is 46.3 cm³/mol. The number of carbonyl (C=O) groups excluding carboxylic acids is 1. The number of H-pyrrole nitrogens is 1. The molecule has 0 atom stereocenters. The molecular formula is C7H10N4O2. The van der Waals surface area contributed by atoms with Crippen LogP contribution >= 0.6 is 0 Å². The Hall–Kier alpha value is -1.85. The van der Waals surface area contributed by atoms with Crippen LogP contribution in [0.5, 0.6) is 0 Å². The number of rotatable bonds is 0. The average molecular weight is 182 g/mol. The van der Waals surface area contributed by atoms with Crippen LogP contribution in [0.3, 0.4) is 0 Å². The molecule has 70 valence electrons. The Balaban J connectivity index is 0.000000132. The summed E-state index contributed by atoms with van der Waals surface area (Å²) in [5, 5.41) is 5.14. The lowest BCUT2D eigenvalue weighted by molar-refractivity contribution is 0.248. The van der Waals surface area contributed by atoms with E-state index >= 15 is 0 Å². The quantitative estimate of drug-likeness (QED) is 0.484. The van der Waals surface area contributed by atoms with E-state index in [1.807, 2.05) is 0 Å². The summed E-state index contributed by atoms with van der Waals surface area (Å²) in [6.45, 7) is 1.55. The molecule has 2 heterocycles. The Kier molecular flexibility index (Phi) is 3.49. The van der Waals surface area contributed by atoms with Crippen molar-refractivity contribution < 1.29 is 4.79 Å². The molecule has 3 N–H and O–H groups in total. The summed E-state index contributed by atoms with van der Waals surface area (Å²) < 4.78 is 0. The number of nitrogens with one attached hydrogen (secondary N) is 3. The fraction of sp³-hybridized carbons (Fsp3) is 0.286. The standard InChI is InChI=1S/C4H4N2O.C3H6N2O/c7-4-1-2-5-3-6-4;6-3-4-1-2-5-3/h1-3H,(H,5,6,7);1-2H2,(H2,4,5,6). The maximum Gasteiger partial charge on any atom is 0.314 e. The zero-order chi connectivity index (χ0) is 9.52. The molecule has 0 saturated carbocycles. The van der Waals surface area contributed by atoms with E-state index in [1.54, 1.807) is 0 Å². The number of nitrogens with zero attached hydrogens (tertiary/aromatic N) is 1. The zero-order valence-electron chi connectivity index (χ0n) is 6.91. The summed E-state index contributed by atoms with van der Waals surface area (Å²) in [5.74, 6) is 0. The van der Waals surface area contributed by atoms with E-state index in [0.717, 1.165) is 13.1 Å². The number of aromatic amines is 1. The van der Waals surface area contributed by atoms with Gasteiger partial charge in [-0.05, 0) is 0 Å². The largest absolute Gasteiger partial charge is 0.336 e. The Bertz CT molecular complexity index is 297. The SMILES string of the molecule is O=C1NCCN1.O=c1ccnc[nH]1. The van der Waals surface area contributed by atoms with Gasteiger partial charge >= 0.3 is 6.03 Å². The van der Waals surface area contributed by atoms with Crippen LogP contribution in [0.25, 0.3) is 0 Å². The fourth-order valence-corrected chi connectivity index (χ4v) is 0.717. The first-order valence-electron chi connectivity index (χ1n) is 3.79. The van der Waals surface area contributed by atoms with Gasteiger partial charge in [-0.25, -0.2) is 9.78 Å². The lowest BCUT2D eigenvalue weighted by atomic mass is 10.7. The minimum atomic E-state index is -0.116. The van der Waals surface area contributed by atoms with E-state index in [9.17, 15) is 9.59 Å². The highest BCUT2D eigenvalue weighted by Crippen LogP contribution is 1.70. The van der Waals surface area contributed by atoms with Crippen molar-refractivity contribution in [2.24, 2.45) is 0 Å². The van der Waals surface area contributed by atoms with Crippen LogP contribution in [-0.4, -0.2) is 29.1 Å². The van der Waals surface area contributed by atoms with Gasteiger partial charge in [0.1, 0.15) is 0 Å². The molecule has 0 unspecified atom stereocenters. The predicted octanol–water partition coefficient (Wildman–Crippen LogP) is -0.931. The lowest BCUT2D eigenvalue weighted by Gasteiger charge is -1.80. The van der Waals surface area contributed by atoms with Crippen LogP contribution in [0, 0.1) is 0 Å². The van der Waals surface area contributed by atoms with E-state index in [-0.39, 0.29) is 11.6 Å². The molecule has 0 aromatic carbocycles. The number of carbonyl (C=O) groups is 1. The van der Waals surface area contributed by atoms with Crippen LogP contribution in [0.2, 0.25) is 0 Å². The summed E-state index contributed by atoms with van der Waals surface area (Å²) in [7, 11) is 0. The molecule has 13 heavy (non-hydrogen) atoms. The third-order valence-corrected chi connectivity index (χ3v) is 1.29.